The van der Waals surface area contributed by atoms with Gasteiger partial charge in [-0.3, -0.25) is 0 Å². The molecule has 2 aliphatic heterocycles. The molecule has 1 N–H and O–H groups in total. The number of likely N-dealkylation sites (N-methyl/N-ethyl adjacent to an activating group) is 1. The largest absolute Gasteiger partial charge is 0.461 e. The van der Waals surface area contributed by atoms with Crippen LogP contribution in [0.5, 0.6) is 6.01 Å². The molecule has 4 heterocycles. The number of nitrogens with zero attached hydrogens (tertiary/aromatic N) is 7. The van der Waals surface area contributed by atoms with Crippen molar-refractivity contribution in [3.8, 4) is 12.1 Å². The Bertz CT molecular complexity index is 1490. The van der Waals surface area contributed by atoms with Crippen molar-refractivity contribution in [2.45, 2.75) is 44.7 Å². The number of anilines is 1. The molecule has 6 rings (SSSR count). The summed E-state index contributed by atoms with van der Waals surface area (Å²) in [7, 11) is 2.15. The predicted molar refractivity (Wildman–Crippen MR) is 148 cm³/mol. The number of hydrogen-bond acceptors (Lipinski definition) is 8. The van der Waals surface area contributed by atoms with Gasteiger partial charge in [-0.15, -0.1) is 5.10 Å². The topological polar surface area (TPSA) is 94.6 Å². The second kappa shape index (κ2) is 10.6. The number of piperazine rings is 1. The zero-order valence-corrected chi connectivity index (χ0v) is 22.1. The highest BCUT2D eigenvalue weighted by Gasteiger charge is 2.26. The third-order valence-corrected chi connectivity index (χ3v) is 7.94. The molecule has 38 heavy (non-hydrogen) atoms. The number of likely N-dealkylation sites (tertiary alicyclic amines) is 1. The van der Waals surface area contributed by atoms with Crippen LogP contribution in [0.1, 0.15) is 36.1 Å². The van der Waals surface area contributed by atoms with E-state index in [4.69, 9.17) is 19.8 Å². The zero-order valence-electron chi connectivity index (χ0n) is 22.1. The molecule has 0 radical (unpaired) electrons. The van der Waals surface area contributed by atoms with E-state index in [2.05, 4.69) is 71.6 Å². The zero-order chi connectivity index (χ0) is 26.1. The quantitative estimate of drug-likeness (QED) is 0.405. The molecule has 2 aliphatic rings. The third kappa shape index (κ3) is 4.77. The van der Waals surface area contributed by atoms with E-state index in [1.54, 1.807) is 0 Å². The number of ether oxygens (including phenoxy) is 1. The van der Waals surface area contributed by atoms with Crippen molar-refractivity contribution < 1.29 is 4.74 Å². The minimum atomic E-state index is 0.0911. The minimum absolute atomic E-state index is 0.0911. The van der Waals surface area contributed by atoms with Crippen LogP contribution >= 0.6 is 0 Å². The number of aromatic nitrogens is 4. The fourth-order valence-corrected chi connectivity index (χ4v) is 5.87. The number of nitriles is 1. The Hall–Kier alpha value is -3.74. The number of imidazole rings is 1. The standard InChI is InChI=1S/C29H34N8O/c1-20-6-3-7-21-8-4-9-22(26(20)21)16-25-17-32-27-28(36-15-13-31-23(18-36)11-12-30)33-29(34-37(25)27)38-19-24-10-5-14-35(24)2/h3-4,6-9,17,23-24,31H,5,10-11,13-16,18-19H2,1-2H3. The summed E-state index contributed by atoms with van der Waals surface area (Å²) in [6, 6.07) is 16.0. The summed E-state index contributed by atoms with van der Waals surface area (Å²) in [5.74, 6) is 0.763. The summed E-state index contributed by atoms with van der Waals surface area (Å²) in [5.41, 5.74) is 4.22. The molecule has 9 nitrogen and oxygen atoms in total. The lowest BCUT2D eigenvalue weighted by Crippen LogP contribution is -2.51. The molecule has 2 saturated heterocycles. The number of fused-ring (bicyclic) bond motifs is 2. The highest BCUT2D eigenvalue weighted by Crippen LogP contribution is 2.28. The first-order valence-electron chi connectivity index (χ1n) is 13.5. The summed E-state index contributed by atoms with van der Waals surface area (Å²) >= 11 is 0. The Morgan fingerprint density at radius 3 is 2.87 bits per heavy atom. The van der Waals surface area contributed by atoms with Crippen molar-refractivity contribution in [2.24, 2.45) is 0 Å². The lowest BCUT2D eigenvalue weighted by atomic mass is 9.97. The van der Waals surface area contributed by atoms with E-state index in [0.29, 0.717) is 38.0 Å². The highest BCUT2D eigenvalue weighted by molar-refractivity contribution is 5.89. The summed E-state index contributed by atoms with van der Waals surface area (Å²) in [4.78, 5) is 14.2. The summed E-state index contributed by atoms with van der Waals surface area (Å²) in [6.07, 6.45) is 5.37. The minimum Gasteiger partial charge on any atom is -0.461 e. The van der Waals surface area contributed by atoms with Gasteiger partial charge < -0.3 is 19.9 Å². The Morgan fingerprint density at radius 2 is 2.05 bits per heavy atom. The van der Waals surface area contributed by atoms with Crippen LogP contribution in [0.2, 0.25) is 0 Å². The molecule has 2 fully saturated rings. The maximum atomic E-state index is 9.25. The normalized spacial score (nSPS) is 20.3. The molecule has 2 unspecified atom stereocenters. The van der Waals surface area contributed by atoms with E-state index in [9.17, 15) is 5.26 Å². The Labute approximate surface area is 223 Å². The van der Waals surface area contributed by atoms with Gasteiger partial charge in [-0.1, -0.05) is 36.4 Å². The molecular formula is C29H34N8O. The van der Waals surface area contributed by atoms with Gasteiger partial charge in [0.15, 0.2) is 11.5 Å². The number of aryl methyl sites for hydroxylation is 1. The Morgan fingerprint density at radius 1 is 1.18 bits per heavy atom. The average Bonchev–Trinajstić information content (AvgIpc) is 3.53. The van der Waals surface area contributed by atoms with Gasteiger partial charge in [-0.05, 0) is 55.3 Å². The number of nitrogens with one attached hydrogen (secondary N) is 1. The van der Waals surface area contributed by atoms with Crippen LogP contribution in [0.25, 0.3) is 16.4 Å². The molecule has 2 atom stereocenters. The number of rotatable bonds is 7. The lowest BCUT2D eigenvalue weighted by Gasteiger charge is -2.33. The monoisotopic (exact) mass is 510 g/mol. The molecule has 2 aromatic carbocycles. The van der Waals surface area contributed by atoms with E-state index in [0.717, 1.165) is 43.2 Å². The molecule has 9 heteroatoms. The number of benzene rings is 2. The van der Waals surface area contributed by atoms with Gasteiger partial charge >= 0.3 is 6.01 Å². The van der Waals surface area contributed by atoms with Crippen molar-refractivity contribution in [3.63, 3.8) is 0 Å². The molecular weight excluding hydrogens is 476 g/mol. The second-order valence-electron chi connectivity index (χ2n) is 10.5. The van der Waals surface area contributed by atoms with E-state index in [-0.39, 0.29) is 6.04 Å². The fourth-order valence-electron chi connectivity index (χ4n) is 5.87. The van der Waals surface area contributed by atoms with Crippen LogP contribution in [0.4, 0.5) is 5.82 Å². The highest BCUT2D eigenvalue weighted by atomic mass is 16.5. The Balaban J connectivity index is 1.38. The molecule has 0 bridgehead atoms. The van der Waals surface area contributed by atoms with E-state index in [1.807, 2.05) is 10.7 Å². The van der Waals surface area contributed by atoms with E-state index < -0.39 is 0 Å². The molecule has 2 aromatic heterocycles. The average molecular weight is 511 g/mol. The first-order valence-corrected chi connectivity index (χ1v) is 13.5. The van der Waals surface area contributed by atoms with Crippen LogP contribution in [-0.2, 0) is 6.42 Å². The van der Waals surface area contributed by atoms with Gasteiger partial charge in [0, 0.05) is 38.1 Å². The van der Waals surface area contributed by atoms with Gasteiger partial charge in [0.2, 0.25) is 0 Å². The van der Waals surface area contributed by atoms with Crippen molar-refractivity contribution in [2.75, 3.05) is 44.7 Å². The predicted octanol–water partition coefficient (Wildman–Crippen LogP) is 3.34. The van der Waals surface area contributed by atoms with Gasteiger partial charge in [0.25, 0.3) is 0 Å². The van der Waals surface area contributed by atoms with Gasteiger partial charge in [0.1, 0.15) is 6.61 Å². The third-order valence-electron chi connectivity index (χ3n) is 7.94. The van der Waals surface area contributed by atoms with Crippen molar-refractivity contribution in [3.05, 3.63) is 59.4 Å². The lowest BCUT2D eigenvalue weighted by molar-refractivity contribution is 0.185. The van der Waals surface area contributed by atoms with Crippen LogP contribution in [-0.4, -0.2) is 76.4 Å². The van der Waals surface area contributed by atoms with Crippen LogP contribution in [0.15, 0.2) is 42.6 Å². The molecule has 4 aromatic rings. The molecule has 0 spiro atoms. The first-order chi connectivity index (χ1) is 18.6. The summed E-state index contributed by atoms with van der Waals surface area (Å²) in [6.45, 7) is 6.08. The van der Waals surface area contributed by atoms with Crippen molar-refractivity contribution in [1.82, 2.24) is 29.8 Å². The van der Waals surface area contributed by atoms with E-state index >= 15 is 0 Å². The number of hydrogen-bond donors (Lipinski definition) is 1. The smallest absolute Gasteiger partial charge is 0.336 e. The molecule has 0 amide bonds. The van der Waals surface area contributed by atoms with Crippen LogP contribution in [0, 0.1) is 18.3 Å². The molecule has 0 saturated carbocycles. The van der Waals surface area contributed by atoms with E-state index in [1.165, 1.54) is 28.3 Å². The maximum Gasteiger partial charge on any atom is 0.336 e. The van der Waals surface area contributed by atoms with Crippen molar-refractivity contribution >= 4 is 22.2 Å². The maximum absolute atomic E-state index is 9.25. The second-order valence-corrected chi connectivity index (χ2v) is 10.5. The first kappa shape index (κ1) is 24.6. The van der Waals surface area contributed by atoms with Crippen LogP contribution in [0.3, 0.4) is 0 Å². The molecule has 0 aliphatic carbocycles. The Kier molecular flexibility index (Phi) is 6.83. The molecule has 196 valence electrons. The van der Waals surface area contributed by atoms with Gasteiger partial charge in [-0.25, -0.2) is 9.50 Å². The summed E-state index contributed by atoms with van der Waals surface area (Å²) in [5, 5.41) is 20.0. The van der Waals surface area contributed by atoms with Crippen molar-refractivity contribution in [1.29, 1.82) is 5.26 Å². The van der Waals surface area contributed by atoms with Gasteiger partial charge in [-0.2, -0.15) is 10.2 Å². The van der Waals surface area contributed by atoms with Crippen LogP contribution < -0.4 is 15.0 Å². The van der Waals surface area contributed by atoms with Gasteiger partial charge in [0.05, 0.1) is 24.4 Å². The SMILES string of the molecule is Cc1cccc2cccc(Cc3cnc4c(N5CCNC(CC#N)C5)nc(OCC5CCCN5C)nn34)c12. The fraction of sp³-hybridized carbons (Fsp3) is 0.448. The summed E-state index contributed by atoms with van der Waals surface area (Å²) < 4.78 is 8.14.